The lowest BCUT2D eigenvalue weighted by molar-refractivity contribution is 0.100. The van der Waals surface area contributed by atoms with Gasteiger partial charge in [-0.2, -0.15) is 4.99 Å². The Morgan fingerprint density at radius 3 is 2.73 bits per heavy atom. The van der Waals surface area contributed by atoms with Gasteiger partial charge in [0, 0.05) is 11.1 Å². The van der Waals surface area contributed by atoms with E-state index in [1.165, 1.54) is 0 Å². The number of benzene rings is 1. The summed E-state index contributed by atoms with van der Waals surface area (Å²) in [6, 6.07) is 5.50. The molecule has 6 heteroatoms. The summed E-state index contributed by atoms with van der Waals surface area (Å²) in [6.45, 7) is 4.56. The van der Waals surface area contributed by atoms with E-state index in [1.807, 2.05) is 44.2 Å². The van der Waals surface area contributed by atoms with Gasteiger partial charge in [0.2, 0.25) is 0 Å². The van der Waals surface area contributed by atoms with Crippen LogP contribution in [0.2, 0.25) is 0 Å². The zero-order valence-electron chi connectivity index (χ0n) is 15.0. The van der Waals surface area contributed by atoms with E-state index in [2.05, 4.69) is 16.1 Å². The van der Waals surface area contributed by atoms with E-state index in [-0.39, 0.29) is 5.96 Å². The Labute approximate surface area is 158 Å². The van der Waals surface area contributed by atoms with Crippen molar-refractivity contribution >= 4 is 34.2 Å². The van der Waals surface area contributed by atoms with Gasteiger partial charge in [0.1, 0.15) is 5.17 Å². The molecular weight excluding hydrogens is 348 g/mol. The molecule has 1 aromatic carbocycles. The summed E-state index contributed by atoms with van der Waals surface area (Å²) in [5, 5.41) is 0.472. The second kappa shape index (κ2) is 9.15. The highest BCUT2D eigenvalue weighted by Gasteiger charge is 2.20. The third kappa shape index (κ3) is 4.49. The summed E-state index contributed by atoms with van der Waals surface area (Å²) in [7, 11) is 0. The van der Waals surface area contributed by atoms with E-state index >= 15 is 0 Å². The number of hydrogen-bond donors (Lipinski definition) is 2. The standard InChI is InChI=1S/C18H17ClN4O.C2H6/c19-16-14(5-1-2-9-22-16)13-6-3-4-11-7-8-12(10-15(11)13)17(24)23-18(20)21;1-2/h1-2,5-8,10H,3-4,9H2,(H4,20,21,23,24);1-2H3. The molecule has 0 atom stereocenters. The Morgan fingerprint density at radius 2 is 2.00 bits per heavy atom. The Bertz CT molecular complexity index is 843. The van der Waals surface area contributed by atoms with Crippen molar-refractivity contribution < 1.29 is 4.79 Å². The molecular formula is C20H23ClN4O. The fraction of sp³-hybridized carbons (Fsp3) is 0.250. The Morgan fingerprint density at radius 1 is 1.23 bits per heavy atom. The monoisotopic (exact) mass is 370 g/mol. The molecule has 0 bridgehead atoms. The van der Waals surface area contributed by atoms with Crippen molar-refractivity contribution in [2.45, 2.75) is 26.7 Å². The van der Waals surface area contributed by atoms with E-state index in [4.69, 9.17) is 23.1 Å². The van der Waals surface area contributed by atoms with E-state index < -0.39 is 5.91 Å². The molecule has 1 amide bonds. The van der Waals surface area contributed by atoms with Crippen LogP contribution >= 0.6 is 11.6 Å². The second-order valence-electron chi connectivity index (χ2n) is 5.51. The lowest BCUT2D eigenvalue weighted by atomic mass is 9.85. The fourth-order valence-corrected chi connectivity index (χ4v) is 3.04. The van der Waals surface area contributed by atoms with Crippen LogP contribution in [0.25, 0.3) is 5.57 Å². The molecule has 5 nitrogen and oxygen atoms in total. The van der Waals surface area contributed by atoms with Crippen LogP contribution in [-0.4, -0.2) is 23.6 Å². The largest absolute Gasteiger partial charge is 0.370 e. The van der Waals surface area contributed by atoms with Crippen molar-refractivity contribution in [1.82, 2.24) is 0 Å². The molecule has 0 saturated carbocycles. The summed E-state index contributed by atoms with van der Waals surface area (Å²) in [6.07, 6.45) is 9.78. The van der Waals surface area contributed by atoms with E-state index in [0.29, 0.717) is 17.3 Å². The number of amides is 1. The van der Waals surface area contributed by atoms with Crippen LogP contribution in [0.1, 0.15) is 41.8 Å². The lowest BCUT2D eigenvalue weighted by Gasteiger charge is -2.20. The van der Waals surface area contributed by atoms with Crippen molar-refractivity contribution in [3.63, 3.8) is 0 Å². The van der Waals surface area contributed by atoms with Crippen LogP contribution in [0.15, 0.2) is 58.1 Å². The highest BCUT2D eigenvalue weighted by atomic mass is 35.5. The molecule has 26 heavy (non-hydrogen) atoms. The number of allylic oxidation sites excluding steroid dienone is 5. The van der Waals surface area contributed by atoms with Crippen LogP contribution in [0.5, 0.6) is 0 Å². The molecule has 0 spiro atoms. The molecule has 1 aliphatic carbocycles. The number of halogens is 1. The van der Waals surface area contributed by atoms with Gasteiger partial charge in [0.05, 0.1) is 6.54 Å². The highest BCUT2D eigenvalue weighted by molar-refractivity contribution is 6.71. The molecule has 0 saturated heterocycles. The van der Waals surface area contributed by atoms with Crippen LogP contribution in [0.3, 0.4) is 0 Å². The average Bonchev–Trinajstić information content (AvgIpc) is 2.86. The Kier molecular flexibility index (Phi) is 6.92. The molecule has 3 rings (SSSR count). The van der Waals surface area contributed by atoms with Gasteiger partial charge in [-0.05, 0) is 41.7 Å². The molecule has 0 unspecified atom stereocenters. The van der Waals surface area contributed by atoms with E-state index in [0.717, 1.165) is 35.1 Å². The van der Waals surface area contributed by atoms with Gasteiger partial charge in [-0.3, -0.25) is 9.79 Å². The molecule has 0 fully saturated rings. The number of fused-ring (bicyclic) bond motifs is 1. The predicted molar refractivity (Wildman–Crippen MR) is 110 cm³/mol. The molecule has 1 aliphatic heterocycles. The fourth-order valence-electron chi connectivity index (χ4n) is 2.81. The topological polar surface area (TPSA) is 93.8 Å². The van der Waals surface area contributed by atoms with Crippen molar-refractivity contribution in [3.05, 3.63) is 64.8 Å². The molecule has 0 aromatic heterocycles. The van der Waals surface area contributed by atoms with E-state index in [1.54, 1.807) is 6.07 Å². The van der Waals surface area contributed by atoms with Crippen molar-refractivity contribution in [2.75, 3.05) is 6.54 Å². The van der Waals surface area contributed by atoms with Crippen LogP contribution < -0.4 is 11.5 Å². The second-order valence-corrected chi connectivity index (χ2v) is 5.87. The molecule has 4 N–H and O–H groups in total. The first-order chi connectivity index (χ1) is 12.6. The third-order valence-electron chi connectivity index (χ3n) is 3.89. The van der Waals surface area contributed by atoms with Gasteiger partial charge in [0.15, 0.2) is 5.96 Å². The number of carbonyl (C=O) groups is 1. The quantitative estimate of drug-likeness (QED) is 0.615. The van der Waals surface area contributed by atoms with Crippen molar-refractivity contribution in [2.24, 2.45) is 21.5 Å². The number of aryl methyl sites for hydroxylation is 1. The maximum absolute atomic E-state index is 12.1. The summed E-state index contributed by atoms with van der Waals surface area (Å²) >= 11 is 6.34. The van der Waals surface area contributed by atoms with Gasteiger partial charge >= 0.3 is 0 Å². The summed E-state index contributed by atoms with van der Waals surface area (Å²) in [4.78, 5) is 20.0. The van der Waals surface area contributed by atoms with Gasteiger partial charge in [-0.1, -0.05) is 55.8 Å². The average molecular weight is 371 g/mol. The number of aliphatic imine (C=N–C) groups is 2. The maximum Gasteiger partial charge on any atom is 0.280 e. The summed E-state index contributed by atoms with van der Waals surface area (Å²) in [5.41, 5.74) is 15.0. The molecule has 0 radical (unpaired) electrons. The number of nitrogens with two attached hydrogens (primary N) is 2. The van der Waals surface area contributed by atoms with Crippen LogP contribution in [0, 0.1) is 0 Å². The van der Waals surface area contributed by atoms with Crippen LogP contribution in [0.4, 0.5) is 0 Å². The van der Waals surface area contributed by atoms with Crippen molar-refractivity contribution in [1.29, 1.82) is 0 Å². The minimum Gasteiger partial charge on any atom is -0.370 e. The zero-order chi connectivity index (χ0) is 19.1. The van der Waals surface area contributed by atoms with Gasteiger partial charge in [-0.25, -0.2) is 0 Å². The predicted octanol–water partition coefficient (Wildman–Crippen LogP) is 3.59. The summed E-state index contributed by atoms with van der Waals surface area (Å²) in [5.74, 6) is -0.711. The van der Waals surface area contributed by atoms with Gasteiger partial charge < -0.3 is 11.5 Å². The molecule has 136 valence electrons. The van der Waals surface area contributed by atoms with Gasteiger partial charge in [-0.15, -0.1) is 0 Å². The molecule has 1 aromatic rings. The first-order valence-corrected chi connectivity index (χ1v) is 8.99. The van der Waals surface area contributed by atoms with E-state index in [9.17, 15) is 4.79 Å². The number of nitrogens with zero attached hydrogens (tertiary/aromatic N) is 2. The SMILES string of the molecule is CC.NC(N)=NC(=O)c1ccc2c(c1)C(C1=CC=CCN=C1Cl)=CCC2. The Balaban J connectivity index is 0.00000117. The van der Waals surface area contributed by atoms with Crippen molar-refractivity contribution in [3.8, 4) is 0 Å². The number of guanidine groups is 1. The smallest absolute Gasteiger partial charge is 0.280 e. The number of carbonyl (C=O) groups excluding carboxylic acids is 1. The Hall–Kier alpha value is -2.66. The normalized spacial score (nSPS) is 15.3. The number of rotatable bonds is 2. The first-order valence-electron chi connectivity index (χ1n) is 8.61. The molecule has 2 aliphatic rings. The number of hydrogen-bond acceptors (Lipinski definition) is 2. The minimum atomic E-state index is -0.461. The van der Waals surface area contributed by atoms with Crippen LogP contribution in [-0.2, 0) is 6.42 Å². The van der Waals surface area contributed by atoms with Gasteiger partial charge in [0.25, 0.3) is 5.91 Å². The summed E-state index contributed by atoms with van der Waals surface area (Å²) < 4.78 is 0. The first kappa shape index (κ1) is 19.7. The lowest BCUT2D eigenvalue weighted by Crippen LogP contribution is -2.24. The minimum absolute atomic E-state index is 0.250. The zero-order valence-corrected chi connectivity index (χ0v) is 15.8. The molecule has 1 heterocycles. The highest BCUT2D eigenvalue weighted by Crippen LogP contribution is 2.34. The maximum atomic E-state index is 12.1. The third-order valence-corrected chi connectivity index (χ3v) is 4.21.